The van der Waals surface area contributed by atoms with Crippen molar-refractivity contribution < 1.29 is 4.79 Å². The first-order chi connectivity index (χ1) is 15.7. The number of benzene rings is 2. The van der Waals surface area contributed by atoms with E-state index >= 15 is 0 Å². The SMILES string of the molecule is Cc1nc(CSc2ccc(C(=O)N3CCCN(CCCc4ccccc4)CC3)cc2)cs1. The number of aromatic nitrogens is 1. The van der Waals surface area contributed by atoms with Crippen LogP contribution in [0, 0.1) is 6.92 Å². The molecular formula is C26H31N3OS2. The summed E-state index contributed by atoms with van der Waals surface area (Å²) in [5.74, 6) is 1.02. The third-order valence-electron chi connectivity index (χ3n) is 5.81. The van der Waals surface area contributed by atoms with Gasteiger partial charge in [0.2, 0.25) is 0 Å². The zero-order valence-electron chi connectivity index (χ0n) is 18.7. The lowest BCUT2D eigenvalue weighted by Crippen LogP contribution is -2.35. The van der Waals surface area contributed by atoms with Gasteiger partial charge in [-0.3, -0.25) is 4.79 Å². The van der Waals surface area contributed by atoms with E-state index in [2.05, 4.69) is 57.7 Å². The van der Waals surface area contributed by atoms with E-state index in [1.165, 1.54) is 10.5 Å². The van der Waals surface area contributed by atoms with Crippen molar-refractivity contribution in [3.05, 3.63) is 81.8 Å². The van der Waals surface area contributed by atoms with Gasteiger partial charge in [-0.05, 0) is 69.1 Å². The summed E-state index contributed by atoms with van der Waals surface area (Å²) in [7, 11) is 0. The number of nitrogens with zero attached hydrogens (tertiary/aromatic N) is 3. The summed E-state index contributed by atoms with van der Waals surface area (Å²) in [5, 5.41) is 3.22. The molecular weight excluding hydrogens is 434 g/mol. The number of carbonyl (C=O) groups excluding carboxylic acids is 1. The molecule has 0 radical (unpaired) electrons. The third kappa shape index (κ3) is 6.67. The van der Waals surface area contributed by atoms with Crippen LogP contribution in [0.1, 0.15) is 39.5 Å². The summed E-state index contributed by atoms with van der Waals surface area (Å²) in [6.45, 7) is 6.82. The summed E-state index contributed by atoms with van der Waals surface area (Å²) < 4.78 is 0. The Kier molecular flexibility index (Phi) is 8.37. The largest absolute Gasteiger partial charge is 0.337 e. The van der Waals surface area contributed by atoms with Crippen molar-refractivity contribution in [1.82, 2.24) is 14.8 Å². The highest BCUT2D eigenvalue weighted by atomic mass is 32.2. The first-order valence-electron chi connectivity index (χ1n) is 11.4. The number of hydrogen-bond acceptors (Lipinski definition) is 5. The first kappa shape index (κ1) is 23.0. The molecule has 0 N–H and O–H groups in total. The first-order valence-corrected chi connectivity index (χ1v) is 13.2. The average molecular weight is 466 g/mol. The Hall–Kier alpha value is -2.15. The van der Waals surface area contributed by atoms with Crippen molar-refractivity contribution in [3.8, 4) is 0 Å². The van der Waals surface area contributed by atoms with Crippen molar-refractivity contribution in [2.45, 2.75) is 36.8 Å². The molecule has 3 aromatic rings. The summed E-state index contributed by atoms with van der Waals surface area (Å²) in [4.78, 5) is 23.3. The number of hydrogen-bond donors (Lipinski definition) is 0. The average Bonchev–Trinajstić information content (AvgIpc) is 3.10. The molecule has 1 aromatic heterocycles. The topological polar surface area (TPSA) is 36.4 Å². The molecule has 168 valence electrons. The number of thiazole rings is 1. The van der Waals surface area contributed by atoms with Gasteiger partial charge in [-0.2, -0.15) is 0 Å². The van der Waals surface area contributed by atoms with Crippen LogP contribution in [0.25, 0.3) is 0 Å². The second-order valence-electron chi connectivity index (χ2n) is 8.25. The molecule has 6 heteroatoms. The zero-order valence-corrected chi connectivity index (χ0v) is 20.3. The van der Waals surface area contributed by atoms with Crippen molar-refractivity contribution in [2.24, 2.45) is 0 Å². The van der Waals surface area contributed by atoms with Gasteiger partial charge in [0.15, 0.2) is 0 Å². The van der Waals surface area contributed by atoms with E-state index in [1.54, 1.807) is 23.1 Å². The lowest BCUT2D eigenvalue weighted by molar-refractivity contribution is 0.0761. The monoisotopic (exact) mass is 465 g/mol. The Morgan fingerprint density at radius 2 is 1.84 bits per heavy atom. The molecule has 1 amide bonds. The smallest absolute Gasteiger partial charge is 0.253 e. The summed E-state index contributed by atoms with van der Waals surface area (Å²) in [6.07, 6.45) is 3.32. The molecule has 0 atom stereocenters. The van der Waals surface area contributed by atoms with Gasteiger partial charge >= 0.3 is 0 Å². The normalized spacial score (nSPS) is 15.0. The highest BCUT2D eigenvalue weighted by molar-refractivity contribution is 7.98. The van der Waals surface area contributed by atoms with Crippen LogP contribution in [-0.2, 0) is 12.2 Å². The van der Waals surface area contributed by atoms with Gasteiger partial charge in [0.05, 0.1) is 10.7 Å². The van der Waals surface area contributed by atoms with Crippen LogP contribution >= 0.6 is 23.1 Å². The van der Waals surface area contributed by atoms with E-state index < -0.39 is 0 Å². The highest BCUT2D eigenvalue weighted by Crippen LogP contribution is 2.24. The minimum absolute atomic E-state index is 0.155. The minimum atomic E-state index is 0.155. The molecule has 32 heavy (non-hydrogen) atoms. The standard InChI is InChI=1S/C26H31N3OS2/c1-21-27-24(19-31-21)20-32-25-12-10-23(11-13-25)26(30)29-16-6-15-28(17-18-29)14-5-9-22-7-3-2-4-8-22/h2-4,7-8,10-13,19H,5-6,9,14-18,20H2,1H3. The lowest BCUT2D eigenvalue weighted by Gasteiger charge is -2.22. The van der Waals surface area contributed by atoms with Crippen molar-refractivity contribution >= 4 is 29.0 Å². The molecule has 1 aliphatic heterocycles. The lowest BCUT2D eigenvalue weighted by atomic mass is 10.1. The van der Waals surface area contributed by atoms with Crippen LogP contribution in [0.3, 0.4) is 0 Å². The molecule has 0 aliphatic carbocycles. The Morgan fingerprint density at radius 1 is 1.03 bits per heavy atom. The van der Waals surface area contributed by atoms with Gasteiger partial charge in [0.25, 0.3) is 5.91 Å². The summed E-state index contributed by atoms with van der Waals surface area (Å²) >= 11 is 3.45. The Labute approximate surface area is 199 Å². The highest BCUT2D eigenvalue weighted by Gasteiger charge is 2.20. The van der Waals surface area contributed by atoms with Crippen LogP contribution in [-0.4, -0.2) is 53.4 Å². The summed E-state index contributed by atoms with van der Waals surface area (Å²) in [6, 6.07) is 18.8. The molecule has 0 saturated carbocycles. The van der Waals surface area contributed by atoms with E-state index in [0.29, 0.717) is 0 Å². The predicted octanol–water partition coefficient (Wildman–Crippen LogP) is 5.52. The van der Waals surface area contributed by atoms with E-state index in [1.807, 2.05) is 24.0 Å². The molecule has 0 bridgehead atoms. The molecule has 2 heterocycles. The van der Waals surface area contributed by atoms with Crippen molar-refractivity contribution in [2.75, 3.05) is 32.7 Å². The molecule has 0 spiro atoms. The number of thioether (sulfide) groups is 1. The quantitative estimate of drug-likeness (QED) is 0.410. The van der Waals surface area contributed by atoms with E-state index in [-0.39, 0.29) is 5.91 Å². The van der Waals surface area contributed by atoms with E-state index in [0.717, 1.165) is 74.0 Å². The van der Waals surface area contributed by atoms with Gasteiger partial charge in [-0.25, -0.2) is 4.98 Å². The number of rotatable bonds is 8. The second kappa shape index (κ2) is 11.6. The molecule has 1 aliphatic rings. The molecule has 1 saturated heterocycles. The molecule has 4 rings (SSSR count). The van der Waals surface area contributed by atoms with E-state index in [4.69, 9.17) is 0 Å². The fraction of sp³-hybridized carbons (Fsp3) is 0.385. The van der Waals surface area contributed by atoms with Crippen molar-refractivity contribution in [3.63, 3.8) is 0 Å². The Bertz CT molecular complexity index is 988. The molecule has 4 nitrogen and oxygen atoms in total. The summed E-state index contributed by atoms with van der Waals surface area (Å²) in [5.41, 5.74) is 3.31. The number of carbonyl (C=O) groups is 1. The van der Waals surface area contributed by atoms with E-state index in [9.17, 15) is 4.79 Å². The fourth-order valence-electron chi connectivity index (χ4n) is 4.06. The maximum absolute atomic E-state index is 13.0. The van der Waals surface area contributed by atoms with Crippen LogP contribution in [0.15, 0.2) is 64.9 Å². The second-order valence-corrected chi connectivity index (χ2v) is 10.4. The van der Waals surface area contributed by atoms with Gasteiger partial charge in [0, 0.05) is 41.2 Å². The Morgan fingerprint density at radius 3 is 2.59 bits per heavy atom. The molecule has 0 unspecified atom stereocenters. The number of aryl methyl sites for hydroxylation is 2. The van der Waals surface area contributed by atoms with Crippen molar-refractivity contribution in [1.29, 1.82) is 0 Å². The fourth-order valence-corrected chi connectivity index (χ4v) is 5.57. The maximum Gasteiger partial charge on any atom is 0.253 e. The Balaban J connectivity index is 1.23. The zero-order chi connectivity index (χ0) is 22.2. The predicted molar refractivity (Wildman–Crippen MR) is 135 cm³/mol. The van der Waals surface area contributed by atoms with Gasteiger partial charge in [-0.1, -0.05) is 30.3 Å². The van der Waals surface area contributed by atoms with Crippen LogP contribution in [0.5, 0.6) is 0 Å². The van der Waals surface area contributed by atoms with Crippen LogP contribution < -0.4 is 0 Å². The molecule has 1 fully saturated rings. The van der Waals surface area contributed by atoms with Crippen LogP contribution in [0.2, 0.25) is 0 Å². The third-order valence-corrected chi connectivity index (χ3v) is 7.68. The van der Waals surface area contributed by atoms with Crippen LogP contribution in [0.4, 0.5) is 0 Å². The minimum Gasteiger partial charge on any atom is -0.337 e. The number of amides is 1. The van der Waals surface area contributed by atoms with Gasteiger partial charge in [-0.15, -0.1) is 23.1 Å². The maximum atomic E-state index is 13.0. The van der Waals surface area contributed by atoms with Gasteiger partial charge in [0.1, 0.15) is 0 Å². The molecule has 2 aromatic carbocycles. The van der Waals surface area contributed by atoms with Gasteiger partial charge < -0.3 is 9.80 Å².